The standard InChI is InChI=1S/C30H36ClN5O3S/c1-4-40(37,38)23-16-22(17-23)35(3)29-24-13-15-36(27-12-6-9-20-8-5-11-25(31)28(20)27)18-26(24)32-30(33-29)39-19-21-10-7-14-34(21)2/h4-6,8-9,11-12,21-23H,1,7,10,13-19H2,2-3H3/t21-,22?,23?/m0/s1. The van der Waals surface area contributed by atoms with E-state index in [1.807, 2.05) is 19.2 Å². The molecule has 0 radical (unpaired) electrons. The molecule has 1 atom stereocenters. The second-order valence-corrected chi connectivity index (χ2v) is 13.8. The van der Waals surface area contributed by atoms with Gasteiger partial charge in [-0.25, -0.2) is 8.42 Å². The zero-order valence-corrected chi connectivity index (χ0v) is 24.7. The van der Waals surface area contributed by atoms with E-state index in [2.05, 4.69) is 52.6 Å². The average Bonchev–Trinajstić information content (AvgIpc) is 3.34. The van der Waals surface area contributed by atoms with Crippen LogP contribution in [0.5, 0.6) is 6.01 Å². The second kappa shape index (κ2) is 10.8. The van der Waals surface area contributed by atoms with Crippen LogP contribution in [0, 0.1) is 0 Å². The lowest BCUT2D eigenvalue weighted by atomic mass is 9.90. The van der Waals surface area contributed by atoms with Gasteiger partial charge in [-0.3, -0.25) is 0 Å². The van der Waals surface area contributed by atoms with Gasteiger partial charge in [0.25, 0.3) is 0 Å². The van der Waals surface area contributed by atoms with Gasteiger partial charge in [-0.05, 0) is 63.2 Å². The highest BCUT2D eigenvalue weighted by Gasteiger charge is 2.41. The predicted octanol–water partition coefficient (Wildman–Crippen LogP) is 4.84. The summed E-state index contributed by atoms with van der Waals surface area (Å²) in [4.78, 5) is 16.6. The van der Waals surface area contributed by atoms with Crippen molar-refractivity contribution in [3.8, 4) is 6.01 Å². The highest BCUT2D eigenvalue weighted by atomic mass is 35.5. The molecule has 0 N–H and O–H groups in total. The third-order valence-corrected chi connectivity index (χ3v) is 11.0. The van der Waals surface area contributed by atoms with E-state index in [9.17, 15) is 8.42 Å². The summed E-state index contributed by atoms with van der Waals surface area (Å²) < 4.78 is 30.8. The molecular weight excluding hydrogens is 546 g/mol. The van der Waals surface area contributed by atoms with Crippen molar-refractivity contribution in [2.75, 3.05) is 43.6 Å². The van der Waals surface area contributed by atoms with Gasteiger partial charge in [-0.15, -0.1) is 0 Å². The highest BCUT2D eigenvalue weighted by molar-refractivity contribution is 7.94. The van der Waals surface area contributed by atoms with Crippen LogP contribution in [-0.4, -0.2) is 74.4 Å². The Kier molecular flexibility index (Phi) is 7.39. The molecule has 1 aliphatic carbocycles. The summed E-state index contributed by atoms with van der Waals surface area (Å²) in [6, 6.07) is 13.1. The normalized spacial score (nSPS) is 23.1. The van der Waals surface area contributed by atoms with Crippen LogP contribution < -0.4 is 14.5 Å². The third kappa shape index (κ3) is 5.03. The topological polar surface area (TPSA) is 78.9 Å². The van der Waals surface area contributed by atoms with Crippen molar-refractivity contribution < 1.29 is 13.2 Å². The fraction of sp³-hybridized carbons (Fsp3) is 0.467. The Balaban J connectivity index is 1.31. The number of hydrogen-bond acceptors (Lipinski definition) is 8. The molecule has 3 aromatic rings. The quantitative estimate of drug-likeness (QED) is 0.374. The number of halogens is 1. The van der Waals surface area contributed by atoms with E-state index in [0.29, 0.717) is 38.0 Å². The first-order valence-corrected chi connectivity index (χ1v) is 16.0. The minimum atomic E-state index is -3.26. The SMILES string of the molecule is C=CS(=O)(=O)C1CC(N(C)c2nc(OC[C@@H]3CCCN3C)nc3c2CCN(c2cccc4cccc(Cl)c24)C3)C1. The fourth-order valence-corrected chi connectivity index (χ4v) is 7.81. The second-order valence-electron chi connectivity index (χ2n) is 11.2. The van der Waals surface area contributed by atoms with Gasteiger partial charge in [-0.2, -0.15) is 9.97 Å². The van der Waals surface area contributed by atoms with E-state index in [0.717, 1.165) is 69.9 Å². The largest absolute Gasteiger partial charge is 0.462 e. The third-order valence-electron chi connectivity index (χ3n) is 8.92. The number of hydrogen-bond donors (Lipinski definition) is 0. The van der Waals surface area contributed by atoms with Crippen molar-refractivity contribution in [1.29, 1.82) is 0 Å². The van der Waals surface area contributed by atoms with E-state index in [1.165, 1.54) is 6.42 Å². The van der Waals surface area contributed by atoms with Gasteiger partial charge in [0.1, 0.15) is 12.4 Å². The Bertz CT molecular complexity index is 1540. The van der Waals surface area contributed by atoms with Crippen LogP contribution in [0.1, 0.15) is 36.9 Å². The van der Waals surface area contributed by atoms with E-state index in [4.69, 9.17) is 26.3 Å². The van der Waals surface area contributed by atoms with Crippen LogP contribution in [0.2, 0.25) is 5.02 Å². The molecule has 3 aliphatic rings. The van der Waals surface area contributed by atoms with Crippen molar-refractivity contribution >= 4 is 43.7 Å². The number of anilines is 2. The smallest absolute Gasteiger partial charge is 0.318 e. The number of likely N-dealkylation sites (tertiary alicyclic amines) is 1. The average molecular weight is 582 g/mol. The zero-order valence-electron chi connectivity index (χ0n) is 23.1. The Morgan fingerprint density at radius 1 is 1.18 bits per heavy atom. The van der Waals surface area contributed by atoms with Gasteiger partial charge in [0, 0.05) is 47.7 Å². The molecule has 0 spiro atoms. The van der Waals surface area contributed by atoms with Crippen molar-refractivity contribution in [1.82, 2.24) is 14.9 Å². The van der Waals surface area contributed by atoms with Gasteiger partial charge in [0.15, 0.2) is 9.84 Å². The van der Waals surface area contributed by atoms with Gasteiger partial charge in [0.2, 0.25) is 0 Å². The minimum Gasteiger partial charge on any atom is -0.462 e. The lowest BCUT2D eigenvalue weighted by Crippen LogP contribution is -2.49. The predicted molar refractivity (Wildman–Crippen MR) is 161 cm³/mol. The van der Waals surface area contributed by atoms with Crippen molar-refractivity contribution in [2.45, 2.75) is 56.0 Å². The first-order valence-electron chi connectivity index (χ1n) is 14.0. The molecule has 40 heavy (non-hydrogen) atoms. The van der Waals surface area contributed by atoms with Crippen molar-refractivity contribution in [3.63, 3.8) is 0 Å². The van der Waals surface area contributed by atoms with Crippen LogP contribution in [0.4, 0.5) is 11.5 Å². The Morgan fingerprint density at radius 2 is 1.95 bits per heavy atom. The Morgan fingerprint density at radius 3 is 2.67 bits per heavy atom. The van der Waals surface area contributed by atoms with Gasteiger partial charge >= 0.3 is 6.01 Å². The lowest BCUT2D eigenvalue weighted by molar-refractivity contribution is 0.187. The minimum absolute atomic E-state index is 0.0856. The molecule has 3 heterocycles. The molecule has 0 amide bonds. The highest BCUT2D eigenvalue weighted by Crippen LogP contribution is 2.39. The number of sulfone groups is 1. The molecular formula is C30H36ClN5O3S. The maximum Gasteiger partial charge on any atom is 0.318 e. The number of ether oxygens (including phenoxy) is 1. The van der Waals surface area contributed by atoms with Crippen LogP contribution in [0.25, 0.3) is 10.8 Å². The maximum atomic E-state index is 12.3. The van der Waals surface area contributed by atoms with Crippen LogP contribution in [0.3, 0.4) is 0 Å². The maximum absolute atomic E-state index is 12.3. The van der Waals surface area contributed by atoms with Gasteiger partial charge in [0.05, 0.1) is 22.5 Å². The number of benzene rings is 2. The molecule has 8 nitrogen and oxygen atoms in total. The summed E-state index contributed by atoms with van der Waals surface area (Å²) >= 11 is 6.67. The summed E-state index contributed by atoms with van der Waals surface area (Å²) in [6.07, 6.45) is 4.16. The number of nitrogens with zero attached hydrogens (tertiary/aromatic N) is 5. The zero-order chi connectivity index (χ0) is 28.0. The van der Waals surface area contributed by atoms with Crippen LogP contribution in [-0.2, 0) is 22.8 Å². The van der Waals surface area contributed by atoms with Crippen molar-refractivity contribution in [3.05, 3.63) is 64.7 Å². The van der Waals surface area contributed by atoms with Gasteiger partial charge < -0.3 is 19.4 Å². The Labute approximate surface area is 241 Å². The Hall–Kier alpha value is -2.88. The molecule has 10 heteroatoms. The fourth-order valence-electron chi connectivity index (χ4n) is 6.28. The molecule has 2 aromatic carbocycles. The summed E-state index contributed by atoms with van der Waals surface area (Å²) in [5, 5.41) is 3.60. The molecule has 1 aromatic heterocycles. The monoisotopic (exact) mass is 581 g/mol. The van der Waals surface area contributed by atoms with E-state index in [1.54, 1.807) is 0 Å². The molecule has 212 valence electrons. The first kappa shape index (κ1) is 27.3. The van der Waals surface area contributed by atoms with Crippen LogP contribution in [0.15, 0.2) is 48.4 Å². The molecule has 1 saturated carbocycles. The molecule has 6 rings (SSSR count). The number of aromatic nitrogens is 2. The number of rotatable bonds is 8. The summed E-state index contributed by atoms with van der Waals surface area (Å²) in [5.41, 5.74) is 3.13. The lowest BCUT2D eigenvalue weighted by Gasteiger charge is -2.42. The first-order chi connectivity index (χ1) is 19.2. The van der Waals surface area contributed by atoms with E-state index in [-0.39, 0.29) is 11.3 Å². The van der Waals surface area contributed by atoms with Crippen molar-refractivity contribution in [2.24, 2.45) is 0 Å². The summed E-state index contributed by atoms with van der Waals surface area (Å²) in [6.45, 7) is 6.52. The van der Waals surface area contributed by atoms with Gasteiger partial charge in [-0.1, -0.05) is 42.4 Å². The van der Waals surface area contributed by atoms with E-state index < -0.39 is 9.84 Å². The number of likely N-dealkylation sites (N-methyl/N-ethyl adjacent to an activating group) is 1. The molecule has 2 aliphatic heterocycles. The summed E-state index contributed by atoms with van der Waals surface area (Å²) in [7, 11) is 0.879. The molecule has 0 bridgehead atoms. The molecule has 1 saturated heterocycles. The van der Waals surface area contributed by atoms with Crippen LogP contribution >= 0.6 is 11.6 Å². The van der Waals surface area contributed by atoms with E-state index >= 15 is 0 Å². The summed E-state index contributed by atoms with van der Waals surface area (Å²) in [5.74, 6) is 0.842. The number of fused-ring (bicyclic) bond motifs is 2. The molecule has 0 unspecified atom stereocenters. The molecule has 2 fully saturated rings.